The van der Waals surface area contributed by atoms with Crippen molar-refractivity contribution in [1.82, 2.24) is 10.2 Å². The lowest BCUT2D eigenvalue weighted by Gasteiger charge is -2.10. The zero-order valence-corrected chi connectivity index (χ0v) is 10.1. The lowest BCUT2D eigenvalue weighted by molar-refractivity contribution is -0.127. The van der Waals surface area contributed by atoms with Crippen LogP contribution in [0.2, 0.25) is 0 Å². The number of urea groups is 1. The number of carbonyl (C=O) groups is 2. The molecule has 0 bridgehead atoms. The molecule has 4 nitrogen and oxygen atoms in total. The lowest BCUT2D eigenvalue weighted by Crippen LogP contribution is -2.32. The van der Waals surface area contributed by atoms with Crippen LogP contribution in [0.25, 0.3) is 0 Å². The molecule has 1 saturated heterocycles. The van der Waals surface area contributed by atoms with Crippen LogP contribution in [0.15, 0.2) is 24.3 Å². The molecule has 1 aromatic rings. The number of imide groups is 1. The summed E-state index contributed by atoms with van der Waals surface area (Å²) in [6, 6.07) is 7.29. The van der Waals surface area contributed by atoms with Crippen LogP contribution in [0.4, 0.5) is 4.79 Å². The van der Waals surface area contributed by atoms with Gasteiger partial charge in [-0.05, 0) is 19.4 Å². The zero-order valence-electron chi connectivity index (χ0n) is 10.1. The van der Waals surface area contributed by atoms with E-state index in [1.165, 1.54) is 4.90 Å². The lowest BCUT2D eigenvalue weighted by atomic mass is 10.0. The van der Waals surface area contributed by atoms with Crippen molar-refractivity contribution in [2.75, 3.05) is 6.54 Å². The SMILES string of the molecule is CCN1C(=O)NC(Cc2cccc(C)c2)C1=O. The largest absolute Gasteiger partial charge is 0.325 e. The summed E-state index contributed by atoms with van der Waals surface area (Å²) in [4.78, 5) is 24.6. The molecular weight excluding hydrogens is 216 g/mol. The highest BCUT2D eigenvalue weighted by Crippen LogP contribution is 2.12. The van der Waals surface area contributed by atoms with Crippen molar-refractivity contribution in [3.05, 3.63) is 35.4 Å². The van der Waals surface area contributed by atoms with Crippen LogP contribution in [0.3, 0.4) is 0 Å². The van der Waals surface area contributed by atoms with Gasteiger partial charge in [0.25, 0.3) is 5.91 Å². The van der Waals surface area contributed by atoms with E-state index in [2.05, 4.69) is 5.32 Å². The molecule has 1 atom stereocenters. The van der Waals surface area contributed by atoms with E-state index in [-0.39, 0.29) is 11.9 Å². The summed E-state index contributed by atoms with van der Waals surface area (Å²) < 4.78 is 0. The third-order valence-corrected chi connectivity index (χ3v) is 2.95. The number of likely N-dealkylation sites (N-methyl/N-ethyl adjacent to an activating group) is 1. The van der Waals surface area contributed by atoms with Crippen molar-refractivity contribution in [3.63, 3.8) is 0 Å². The van der Waals surface area contributed by atoms with Gasteiger partial charge in [-0.15, -0.1) is 0 Å². The van der Waals surface area contributed by atoms with Crippen molar-refractivity contribution < 1.29 is 9.59 Å². The number of hydrogen-bond donors (Lipinski definition) is 1. The second-order valence-corrected chi connectivity index (χ2v) is 4.28. The second-order valence-electron chi connectivity index (χ2n) is 4.28. The van der Waals surface area contributed by atoms with Crippen molar-refractivity contribution >= 4 is 11.9 Å². The van der Waals surface area contributed by atoms with Gasteiger partial charge in [0.15, 0.2) is 0 Å². The number of nitrogens with one attached hydrogen (secondary N) is 1. The third-order valence-electron chi connectivity index (χ3n) is 2.95. The number of nitrogens with zero attached hydrogens (tertiary/aromatic N) is 1. The van der Waals surface area contributed by atoms with Crippen molar-refractivity contribution in [2.45, 2.75) is 26.3 Å². The molecule has 1 heterocycles. The maximum atomic E-state index is 11.9. The van der Waals surface area contributed by atoms with Gasteiger partial charge in [0.1, 0.15) is 6.04 Å². The molecule has 1 aliphatic heterocycles. The molecule has 0 spiro atoms. The molecule has 4 heteroatoms. The Bertz CT molecular complexity index is 456. The summed E-state index contributed by atoms with van der Waals surface area (Å²) >= 11 is 0. The first-order valence-electron chi connectivity index (χ1n) is 5.79. The number of hydrogen-bond acceptors (Lipinski definition) is 2. The first-order chi connectivity index (χ1) is 8.11. The summed E-state index contributed by atoms with van der Waals surface area (Å²) in [7, 11) is 0. The molecular formula is C13H16N2O2. The van der Waals surface area contributed by atoms with E-state index in [0.29, 0.717) is 13.0 Å². The Balaban J connectivity index is 2.11. The molecule has 0 radical (unpaired) electrons. The molecule has 1 aliphatic rings. The standard InChI is InChI=1S/C13H16N2O2/c1-3-15-12(16)11(14-13(15)17)8-10-6-4-5-9(2)7-10/h4-7,11H,3,8H2,1-2H3,(H,14,17). The van der Waals surface area contributed by atoms with Crippen LogP contribution in [0, 0.1) is 6.92 Å². The molecule has 1 unspecified atom stereocenters. The summed E-state index contributed by atoms with van der Waals surface area (Å²) in [6.45, 7) is 4.23. The van der Waals surface area contributed by atoms with E-state index in [0.717, 1.165) is 11.1 Å². The first-order valence-corrected chi connectivity index (χ1v) is 5.79. The number of aryl methyl sites for hydroxylation is 1. The first kappa shape index (κ1) is 11.6. The van der Waals surface area contributed by atoms with Crippen LogP contribution in [-0.2, 0) is 11.2 Å². The van der Waals surface area contributed by atoms with Gasteiger partial charge in [-0.25, -0.2) is 4.79 Å². The Morgan fingerprint density at radius 3 is 2.71 bits per heavy atom. The Morgan fingerprint density at radius 1 is 1.35 bits per heavy atom. The van der Waals surface area contributed by atoms with Crippen LogP contribution >= 0.6 is 0 Å². The molecule has 1 N–H and O–H groups in total. The Morgan fingerprint density at radius 2 is 2.12 bits per heavy atom. The minimum atomic E-state index is -0.413. The van der Waals surface area contributed by atoms with Crippen molar-refractivity contribution in [2.24, 2.45) is 0 Å². The quantitative estimate of drug-likeness (QED) is 0.802. The van der Waals surface area contributed by atoms with E-state index in [1.54, 1.807) is 6.92 Å². The molecule has 90 valence electrons. The van der Waals surface area contributed by atoms with Crippen LogP contribution in [0.1, 0.15) is 18.1 Å². The number of carbonyl (C=O) groups excluding carboxylic acids is 2. The average Bonchev–Trinajstić information content (AvgIpc) is 2.54. The fourth-order valence-corrected chi connectivity index (χ4v) is 2.09. The van der Waals surface area contributed by atoms with Crippen LogP contribution in [0.5, 0.6) is 0 Å². The molecule has 2 rings (SSSR count). The zero-order chi connectivity index (χ0) is 12.4. The number of amides is 3. The van der Waals surface area contributed by atoms with E-state index in [4.69, 9.17) is 0 Å². The van der Waals surface area contributed by atoms with Gasteiger partial charge in [0.2, 0.25) is 0 Å². The average molecular weight is 232 g/mol. The maximum Gasteiger partial charge on any atom is 0.324 e. The molecule has 17 heavy (non-hydrogen) atoms. The van der Waals surface area contributed by atoms with Gasteiger partial charge in [-0.2, -0.15) is 0 Å². The van der Waals surface area contributed by atoms with Gasteiger partial charge in [-0.3, -0.25) is 9.69 Å². The Kier molecular flexibility index (Phi) is 3.13. The Labute approximate surface area is 101 Å². The van der Waals surface area contributed by atoms with Gasteiger partial charge >= 0.3 is 6.03 Å². The number of benzene rings is 1. The molecule has 0 saturated carbocycles. The highest BCUT2D eigenvalue weighted by Gasteiger charge is 2.36. The van der Waals surface area contributed by atoms with E-state index >= 15 is 0 Å². The summed E-state index contributed by atoms with van der Waals surface area (Å²) in [5.74, 6) is -0.126. The smallest absolute Gasteiger partial charge is 0.324 e. The van der Waals surface area contributed by atoms with Gasteiger partial charge in [0, 0.05) is 13.0 Å². The fourth-order valence-electron chi connectivity index (χ4n) is 2.09. The topological polar surface area (TPSA) is 49.4 Å². The van der Waals surface area contributed by atoms with Crippen molar-refractivity contribution in [1.29, 1.82) is 0 Å². The molecule has 0 aromatic heterocycles. The van der Waals surface area contributed by atoms with Gasteiger partial charge in [0.05, 0.1) is 0 Å². The normalized spacial score (nSPS) is 19.6. The van der Waals surface area contributed by atoms with Crippen LogP contribution < -0.4 is 5.32 Å². The maximum absolute atomic E-state index is 11.9. The summed E-state index contributed by atoms with van der Waals surface area (Å²) in [5, 5.41) is 2.71. The fraction of sp³-hybridized carbons (Fsp3) is 0.385. The molecule has 0 aliphatic carbocycles. The van der Waals surface area contributed by atoms with E-state index in [1.807, 2.05) is 31.2 Å². The van der Waals surface area contributed by atoms with Gasteiger partial charge in [-0.1, -0.05) is 29.8 Å². The predicted molar refractivity (Wildman–Crippen MR) is 64.6 cm³/mol. The van der Waals surface area contributed by atoms with E-state index < -0.39 is 6.04 Å². The molecule has 1 aromatic carbocycles. The van der Waals surface area contributed by atoms with E-state index in [9.17, 15) is 9.59 Å². The second kappa shape index (κ2) is 4.57. The minimum absolute atomic E-state index is 0.126. The summed E-state index contributed by atoms with van der Waals surface area (Å²) in [6.07, 6.45) is 0.558. The monoisotopic (exact) mass is 232 g/mol. The predicted octanol–water partition coefficient (Wildman–Crippen LogP) is 1.48. The van der Waals surface area contributed by atoms with Crippen LogP contribution in [-0.4, -0.2) is 29.4 Å². The highest BCUT2D eigenvalue weighted by atomic mass is 16.2. The summed E-state index contributed by atoms with van der Waals surface area (Å²) in [5.41, 5.74) is 2.23. The minimum Gasteiger partial charge on any atom is -0.325 e. The Hall–Kier alpha value is -1.84. The number of rotatable bonds is 3. The van der Waals surface area contributed by atoms with Gasteiger partial charge < -0.3 is 5.32 Å². The molecule has 1 fully saturated rings. The molecule has 3 amide bonds. The van der Waals surface area contributed by atoms with Crippen molar-refractivity contribution in [3.8, 4) is 0 Å². The highest BCUT2D eigenvalue weighted by molar-refractivity contribution is 6.04. The third kappa shape index (κ3) is 2.30.